The molecular formula is C16H20N2O4S. The number of hydrogen-bond acceptors (Lipinski definition) is 4. The number of sulfonamides is 1. The van der Waals surface area contributed by atoms with E-state index >= 15 is 0 Å². The minimum atomic E-state index is -3.53. The summed E-state index contributed by atoms with van der Waals surface area (Å²) >= 11 is 0. The van der Waals surface area contributed by atoms with Gasteiger partial charge in [0, 0.05) is 5.69 Å². The first-order chi connectivity index (χ1) is 10.9. The second kappa shape index (κ2) is 7.43. The average Bonchev–Trinajstić information content (AvgIpc) is 2.99. The van der Waals surface area contributed by atoms with Crippen LogP contribution in [0, 0.1) is 0 Å². The van der Waals surface area contributed by atoms with Gasteiger partial charge in [-0.25, -0.2) is 8.42 Å². The van der Waals surface area contributed by atoms with E-state index in [2.05, 4.69) is 5.32 Å². The lowest BCUT2D eigenvalue weighted by Crippen LogP contribution is -2.36. The van der Waals surface area contributed by atoms with Crippen molar-refractivity contribution < 1.29 is 17.6 Å². The molecule has 2 aromatic rings. The van der Waals surface area contributed by atoms with Gasteiger partial charge in [0.2, 0.25) is 15.9 Å². The van der Waals surface area contributed by atoms with Gasteiger partial charge in [-0.2, -0.15) is 4.31 Å². The van der Waals surface area contributed by atoms with E-state index in [-0.39, 0.29) is 13.1 Å². The van der Waals surface area contributed by atoms with Gasteiger partial charge >= 0.3 is 0 Å². The van der Waals surface area contributed by atoms with Gasteiger partial charge in [-0.1, -0.05) is 19.1 Å². The van der Waals surface area contributed by atoms with E-state index in [1.807, 2.05) is 19.1 Å². The number of rotatable bonds is 7. The monoisotopic (exact) mass is 336 g/mol. The number of carbonyl (C=O) groups is 1. The molecule has 0 aliphatic heterocycles. The highest BCUT2D eigenvalue weighted by atomic mass is 32.2. The lowest BCUT2D eigenvalue weighted by molar-refractivity contribution is -0.116. The fourth-order valence-corrected chi connectivity index (χ4v) is 2.76. The van der Waals surface area contributed by atoms with Gasteiger partial charge in [0.15, 0.2) is 0 Å². The highest BCUT2D eigenvalue weighted by Crippen LogP contribution is 2.12. The summed E-state index contributed by atoms with van der Waals surface area (Å²) in [5.41, 5.74) is 1.80. The molecule has 124 valence electrons. The van der Waals surface area contributed by atoms with Crippen molar-refractivity contribution in [2.45, 2.75) is 19.9 Å². The van der Waals surface area contributed by atoms with Crippen LogP contribution in [0.15, 0.2) is 47.1 Å². The number of hydrogen-bond donors (Lipinski definition) is 1. The summed E-state index contributed by atoms with van der Waals surface area (Å²) in [4.78, 5) is 12.1. The largest absolute Gasteiger partial charge is 0.468 e. The van der Waals surface area contributed by atoms with E-state index < -0.39 is 15.9 Å². The summed E-state index contributed by atoms with van der Waals surface area (Å²) in [5.74, 6) is 0.0850. The third-order valence-electron chi connectivity index (χ3n) is 3.35. The molecule has 1 heterocycles. The lowest BCUT2D eigenvalue weighted by atomic mass is 10.1. The summed E-state index contributed by atoms with van der Waals surface area (Å²) in [6, 6.07) is 10.8. The SMILES string of the molecule is CCc1ccc(NC(=O)CN(Cc2ccco2)S(C)(=O)=O)cc1. The predicted octanol–water partition coefficient (Wildman–Crippen LogP) is 2.24. The molecule has 2 rings (SSSR count). The van der Waals surface area contributed by atoms with E-state index in [0.29, 0.717) is 11.4 Å². The molecule has 0 unspecified atom stereocenters. The molecule has 0 bridgehead atoms. The van der Waals surface area contributed by atoms with E-state index in [9.17, 15) is 13.2 Å². The maximum absolute atomic E-state index is 12.1. The van der Waals surface area contributed by atoms with Crippen LogP contribution in [0.25, 0.3) is 0 Å². The molecule has 0 saturated heterocycles. The van der Waals surface area contributed by atoms with Crippen LogP contribution in [0.4, 0.5) is 5.69 Å². The minimum absolute atomic E-state index is 0.0219. The Morgan fingerprint density at radius 3 is 2.43 bits per heavy atom. The summed E-state index contributed by atoms with van der Waals surface area (Å²) in [6.45, 7) is 1.80. The zero-order chi connectivity index (χ0) is 16.9. The Bertz CT molecular complexity index is 737. The van der Waals surface area contributed by atoms with Crippen molar-refractivity contribution in [3.63, 3.8) is 0 Å². The Balaban J connectivity index is 2.02. The van der Waals surface area contributed by atoms with Crippen LogP contribution in [0.3, 0.4) is 0 Å². The van der Waals surface area contributed by atoms with Gasteiger partial charge in [-0.15, -0.1) is 0 Å². The minimum Gasteiger partial charge on any atom is -0.468 e. The van der Waals surface area contributed by atoms with Gasteiger partial charge in [0.1, 0.15) is 5.76 Å². The summed E-state index contributed by atoms with van der Waals surface area (Å²) < 4.78 is 29.9. The van der Waals surface area contributed by atoms with Crippen molar-refractivity contribution in [1.82, 2.24) is 4.31 Å². The van der Waals surface area contributed by atoms with Crippen LogP contribution in [-0.2, 0) is 27.8 Å². The smallest absolute Gasteiger partial charge is 0.239 e. The highest BCUT2D eigenvalue weighted by molar-refractivity contribution is 7.88. The zero-order valence-corrected chi connectivity index (χ0v) is 14.0. The lowest BCUT2D eigenvalue weighted by Gasteiger charge is -2.18. The molecule has 1 aromatic carbocycles. The molecule has 1 amide bonds. The normalized spacial score (nSPS) is 11.6. The van der Waals surface area contributed by atoms with Crippen LogP contribution < -0.4 is 5.32 Å². The Labute approximate surface area is 136 Å². The quantitative estimate of drug-likeness (QED) is 0.841. The number of carbonyl (C=O) groups excluding carboxylic acids is 1. The Morgan fingerprint density at radius 1 is 1.22 bits per heavy atom. The Hall–Kier alpha value is -2.12. The maximum Gasteiger partial charge on any atom is 0.239 e. The second-order valence-electron chi connectivity index (χ2n) is 5.21. The molecule has 7 heteroatoms. The molecule has 0 fully saturated rings. The number of anilines is 1. The number of nitrogens with one attached hydrogen (secondary N) is 1. The molecule has 0 radical (unpaired) electrons. The molecule has 0 saturated carbocycles. The van der Waals surface area contributed by atoms with Crippen molar-refractivity contribution in [1.29, 1.82) is 0 Å². The van der Waals surface area contributed by atoms with Crippen molar-refractivity contribution in [2.24, 2.45) is 0 Å². The summed E-state index contributed by atoms with van der Waals surface area (Å²) in [5, 5.41) is 2.70. The predicted molar refractivity (Wildman–Crippen MR) is 88.4 cm³/mol. The van der Waals surface area contributed by atoms with Crippen LogP contribution in [-0.4, -0.2) is 31.4 Å². The molecule has 0 aliphatic carbocycles. The van der Waals surface area contributed by atoms with Crippen LogP contribution in [0.1, 0.15) is 18.2 Å². The van der Waals surface area contributed by atoms with Gasteiger partial charge in [0.05, 0.1) is 25.6 Å². The third-order valence-corrected chi connectivity index (χ3v) is 4.54. The van der Waals surface area contributed by atoms with E-state index in [1.165, 1.54) is 11.8 Å². The number of amides is 1. The highest BCUT2D eigenvalue weighted by Gasteiger charge is 2.21. The summed E-state index contributed by atoms with van der Waals surface area (Å²) in [6.07, 6.45) is 3.45. The van der Waals surface area contributed by atoms with Gasteiger partial charge in [0.25, 0.3) is 0 Å². The van der Waals surface area contributed by atoms with Crippen molar-refractivity contribution in [3.05, 3.63) is 54.0 Å². The maximum atomic E-state index is 12.1. The van der Waals surface area contributed by atoms with E-state index in [4.69, 9.17) is 4.42 Å². The van der Waals surface area contributed by atoms with Crippen molar-refractivity contribution >= 4 is 21.6 Å². The van der Waals surface area contributed by atoms with E-state index in [1.54, 1.807) is 24.3 Å². The fourth-order valence-electron chi connectivity index (χ4n) is 2.05. The molecular weight excluding hydrogens is 316 g/mol. The van der Waals surface area contributed by atoms with Crippen LogP contribution >= 0.6 is 0 Å². The fraction of sp³-hybridized carbons (Fsp3) is 0.312. The van der Waals surface area contributed by atoms with Crippen molar-refractivity contribution in [3.8, 4) is 0 Å². The Kier molecular flexibility index (Phi) is 5.57. The zero-order valence-electron chi connectivity index (χ0n) is 13.2. The first-order valence-electron chi connectivity index (χ1n) is 7.25. The third kappa shape index (κ3) is 5.22. The molecule has 6 nitrogen and oxygen atoms in total. The summed E-state index contributed by atoms with van der Waals surface area (Å²) in [7, 11) is -3.53. The topological polar surface area (TPSA) is 79.6 Å². The molecule has 0 aliphatic rings. The standard InChI is InChI=1S/C16H20N2O4S/c1-3-13-6-8-14(9-7-13)17-16(19)12-18(23(2,20)21)11-15-5-4-10-22-15/h4-10H,3,11-12H2,1-2H3,(H,17,19). The first kappa shape index (κ1) is 17.2. The molecule has 23 heavy (non-hydrogen) atoms. The number of benzene rings is 1. The van der Waals surface area contributed by atoms with Crippen LogP contribution in [0.2, 0.25) is 0 Å². The second-order valence-corrected chi connectivity index (χ2v) is 7.19. The van der Waals surface area contributed by atoms with E-state index in [0.717, 1.165) is 17.0 Å². The molecule has 0 spiro atoms. The molecule has 1 N–H and O–H groups in total. The number of aryl methyl sites for hydroxylation is 1. The molecule has 0 atom stereocenters. The first-order valence-corrected chi connectivity index (χ1v) is 9.09. The number of nitrogens with zero attached hydrogens (tertiary/aromatic N) is 1. The Morgan fingerprint density at radius 2 is 1.91 bits per heavy atom. The van der Waals surface area contributed by atoms with Gasteiger partial charge < -0.3 is 9.73 Å². The average molecular weight is 336 g/mol. The van der Waals surface area contributed by atoms with Gasteiger partial charge in [-0.05, 0) is 36.2 Å². The van der Waals surface area contributed by atoms with Crippen LogP contribution in [0.5, 0.6) is 0 Å². The van der Waals surface area contributed by atoms with Gasteiger partial charge in [-0.3, -0.25) is 4.79 Å². The number of furan rings is 1. The molecule has 1 aromatic heterocycles. The van der Waals surface area contributed by atoms with Crippen molar-refractivity contribution in [2.75, 3.05) is 18.1 Å².